The summed E-state index contributed by atoms with van der Waals surface area (Å²) in [7, 11) is 3.33. The summed E-state index contributed by atoms with van der Waals surface area (Å²) in [4.78, 5) is 0. The van der Waals surface area contributed by atoms with Gasteiger partial charge in [-0.1, -0.05) is 12.2 Å². The Balaban J connectivity index is 2.14. The van der Waals surface area contributed by atoms with Crippen LogP contribution >= 0.6 is 0 Å². The van der Waals surface area contributed by atoms with Crippen molar-refractivity contribution in [1.29, 1.82) is 0 Å². The summed E-state index contributed by atoms with van der Waals surface area (Å²) in [6.07, 6.45) is 6.45. The van der Waals surface area contributed by atoms with E-state index >= 15 is 0 Å². The second-order valence-electron chi connectivity index (χ2n) is 4.62. The summed E-state index contributed by atoms with van der Waals surface area (Å²) in [6, 6.07) is 4.12. The van der Waals surface area contributed by atoms with Crippen molar-refractivity contribution in [1.82, 2.24) is 0 Å². The molecule has 110 valence electrons. The molecule has 0 atom stereocenters. The Bertz CT molecular complexity index is 454. The molecular weight excluding hydrogens is 256 g/mol. The van der Waals surface area contributed by atoms with Gasteiger partial charge in [-0.2, -0.15) is 0 Å². The molecule has 0 aromatic heterocycles. The second kappa shape index (κ2) is 7.92. The molecule has 1 aromatic carbocycles. The maximum absolute atomic E-state index is 5.76. The number of allylic oxidation sites excluding steroid dienone is 1. The van der Waals surface area contributed by atoms with E-state index in [0.29, 0.717) is 26.4 Å². The van der Waals surface area contributed by atoms with Gasteiger partial charge in [-0.3, -0.25) is 0 Å². The number of aryl methyl sites for hydroxylation is 1. The summed E-state index contributed by atoms with van der Waals surface area (Å²) in [5, 5.41) is 0. The minimum atomic E-state index is 0.514. The zero-order valence-corrected chi connectivity index (χ0v) is 12.2. The van der Waals surface area contributed by atoms with Crippen LogP contribution < -0.4 is 9.47 Å². The van der Waals surface area contributed by atoms with Gasteiger partial charge in [0.1, 0.15) is 13.2 Å². The summed E-state index contributed by atoms with van der Waals surface area (Å²) >= 11 is 0. The molecule has 0 fully saturated rings. The molecule has 1 aromatic rings. The number of hydrogen-bond acceptors (Lipinski definition) is 4. The van der Waals surface area contributed by atoms with Crippen LogP contribution in [0.5, 0.6) is 11.5 Å². The highest BCUT2D eigenvalue weighted by Gasteiger charge is 2.13. The molecule has 1 aliphatic carbocycles. The quantitative estimate of drug-likeness (QED) is 0.685. The van der Waals surface area contributed by atoms with Crippen LogP contribution in [0.4, 0.5) is 0 Å². The third kappa shape index (κ3) is 3.99. The van der Waals surface area contributed by atoms with Crippen molar-refractivity contribution in [2.24, 2.45) is 0 Å². The van der Waals surface area contributed by atoms with Crippen molar-refractivity contribution in [2.45, 2.75) is 12.8 Å². The number of benzene rings is 1. The van der Waals surface area contributed by atoms with Crippen LogP contribution in [0.2, 0.25) is 0 Å². The molecule has 0 heterocycles. The zero-order chi connectivity index (χ0) is 14.2. The lowest BCUT2D eigenvalue weighted by Crippen LogP contribution is -2.09. The minimum absolute atomic E-state index is 0.514. The van der Waals surface area contributed by atoms with Crippen molar-refractivity contribution in [3.05, 3.63) is 29.3 Å². The topological polar surface area (TPSA) is 36.9 Å². The Morgan fingerprint density at radius 1 is 0.900 bits per heavy atom. The smallest absolute Gasteiger partial charge is 0.161 e. The number of ether oxygens (including phenoxy) is 4. The molecule has 0 spiro atoms. The van der Waals surface area contributed by atoms with Crippen molar-refractivity contribution in [2.75, 3.05) is 40.6 Å². The SMILES string of the molecule is COCCOc1cc2c(cc1OCCOC)CCC=C2. The third-order valence-corrected chi connectivity index (χ3v) is 3.17. The molecule has 0 unspecified atom stereocenters. The van der Waals surface area contributed by atoms with Crippen LogP contribution in [0.15, 0.2) is 18.2 Å². The maximum Gasteiger partial charge on any atom is 0.161 e. The highest BCUT2D eigenvalue weighted by Crippen LogP contribution is 2.34. The molecule has 0 bridgehead atoms. The largest absolute Gasteiger partial charge is 0.487 e. The van der Waals surface area contributed by atoms with Gasteiger partial charge in [0.05, 0.1) is 13.2 Å². The average Bonchev–Trinajstić information content (AvgIpc) is 2.48. The number of rotatable bonds is 8. The standard InChI is InChI=1S/C16H22O4/c1-17-7-9-19-15-11-13-5-3-4-6-14(13)12-16(15)20-10-8-18-2/h3,5,11-12H,4,6-10H2,1-2H3. The summed E-state index contributed by atoms with van der Waals surface area (Å²) in [6.45, 7) is 2.16. The molecule has 2 rings (SSSR count). The number of fused-ring (bicyclic) bond motifs is 1. The minimum Gasteiger partial charge on any atom is -0.487 e. The fourth-order valence-electron chi connectivity index (χ4n) is 2.13. The van der Waals surface area contributed by atoms with E-state index in [4.69, 9.17) is 18.9 Å². The van der Waals surface area contributed by atoms with E-state index in [9.17, 15) is 0 Å². The third-order valence-electron chi connectivity index (χ3n) is 3.17. The van der Waals surface area contributed by atoms with Gasteiger partial charge in [0.25, 0.3) is 0 Å². The van der Waals surface area contributed by atoms with Gasteiger partial charge >= 0.3 is 0 Å². The molecular formula is C16H22O4. The Morgan fingerprint density at radius 3 is 2.20 bits per heavy atom. The summed E-state index contributed by atoms with van der Waals surface area (Å²) < 4.78 is 21.5. The van der Waals surface area contributed by atoms with Crippen LogP contribution in [0, 0.1) is 0 Å². The van der Waals surface area contributed by atoms with Crippen LogP contribution in [-0.4, -0.2) is 40.6 Å². The number of hydrogen-bond donors (Lipinski definition) is 0. The van der Waals surface area contributed by atoms with E-state index in [0.717, 1.165) is 24.3 Å². The first-order valence-electron chi connectivity index (χ1n) is 6.92. The van der Waals surface area contributed by atoms with Crippen molar-refractivity contribution < 1.29 is 18.9 Å². The Kier molecular flexibility index (Phi) is 5.89. The average molecular weight is 278 g/mol. The first kappa shape index (κ1) is 14.9. The Labute approximate surface area is 120 Å². The number of methoxy groups -OCH3 is 2. The van der Waals surface area contributed by atoms with Crippen LogP contribution in [0.3, 0.4) is 0 Å². The van der Waals surface area contributed by atoms with Crippen LogP contribution in [0.1, 0.15) is 17.5 Å². The highest BCUT2D eigenvalue weighted by atomic mass is 16.5. The fourth-order valence-corrected chi connectivity index (χ4v) is 2.13. The second-order valence-corrected chi connectivity index (χ2v) is 4.62. The monoisotopic (exact) mass is 278 g/mol. The van der Waals surface area contributed by atoms with E-state index in [1.165, 1.54) is 11.1 Å². The van der Waals surface area contributed by atoms with E-state index in [1.807, 2.05) is 6.07 Å². The van der Waals surface area contributed by atoms with Gasteiger partial charge in [0.2, 0.25) is 0 Å². The molecule has 1 aliphatic rings. The van der Waals surface area contributed by atoms with Crippen molar-refractivity contribution in [3.63, 3.8) is 0 Å². The molecule has 0 N–H and O–H groups in total. The van der Waals surface area contributed by atoms with Crippen molar-refractivity contribution >= 4 is 6.08 Å². The van der Waals surface area contributed by atoms with Gasteiger partial charge in [0, 0.05) is 14.2 Å². The van der Waals surface area contributed by atoms with Gasteiger partial charge in [0.15, 0.2) is 11.5 Å². The predicted octanol–water partition coefficient (Wildman–Crippen LogP) is 2.70. The van der Waals surface area contributed by atoms with Gasteiger partial charge in [-0.25, -0.2) is 0 Å². The first-order chi connectivity index (χ1) is 9.85. The summed E-state index contributed by atoms with van der Waals surface area (Å²) in [5.41, 5.74) is 2.52. The Hall–Kier alpha value is -1.52. The van der Waals surface area contributed by atoms with Crippen LogP contribution in [0.25, 0.3) is 6.08 Å². The van der Waals surface area contributed by atoms with E-state index in [-0.39, 0.29) is 0 Å². The zero-order valence-electron chi connectivity index (χ0n) is 12.2. The lowest BCUT2D eigenvalue weighted by Gasteiger charge is -2.17. The molecule has 4 nitrogen and oxygen atoms in total. The normalized spacial score (nSPS) is 13.1. The molecule has 0 saturated carbocycles. The van der Waals surface area contributed by atoms with Gasteiger partial charge < -0.3 is 18.9 Å². The first-order valence-corrected chi connectivity index (χ1v) is 6.92. The lowest BCUT2D eigenvalue weighted by molar-refractivity contribution is 0.132. The maximum atomic E-state index is 5.76. The summed E-state index contributed by atoms with van der Waals surface area (Å²) in [5.74, 6) is 1.55. The Morgan fingerprint density at radius 2 is 1.55 bits per heavy atom. The molecule has 0 aliphatic heterocycles. The van der Waals surface area contributed by atoms with Gasteiger partial charge in [-0.15, -0.1) is 0 Å². The molecule has 0 radical (unpaired) electrons. The van der Waals surface area contributed by atoms with Gasteiger partial charge in [-0.05, 0) is 36.1 Å². The van der Waals surface area contributed by atoms with E-state index in [2.05, 4.69) is 18.2 Å². The molecule has 0 saturated heterocycles. The van der Waals surface area contributed by atoms with E-state index in [1.54, 1.807) is 14.2 Å². The van der Waals surface area contributed by atoms with Crippen molar-refractivity contribution in [3.8, 4) is 11.5 Å². The van der Waals surface area contributed by atoms with Crippen LogP contribution in [-0.2, 0) is 15.9 Å². The molecule has 0 amide bonds. The molecule has 20 heavy (non-hydrogen) atoms. The fraction of sp³-hybridized carbons (Fsp3) is 0.500. The lowest BCUT2D eigenvalue weighted by atomic mass is 9.97. The van der Waals surface area contributed by atoms with E-state index < -0.39 is 0 Å². The predicted molar refractivity (Wildman–Crippen MR) is 78.5 cm³/mol. The highest BCUT2D eigenvalue weighted by molar-refractivity contribution is 5.62. The molecule has 4 heteroatoms.